The van der Waals surface area contributed by atoms with Gasteiger partial charge in [0.25, 0.3) is 0 Å². The summed E-state index contributed by atoms with van der Waals surface area (Å²) in [6.07, 6.45) is 0.929. The van der Waals surface area contributed by atoms with E-state index < -0.39 is 0 Å². The van der Waals surface area contributed by atoms with Crippen LogP contribution >= 0.6 is 0 Å². The number of carbonyl (C=O) groups is 2. The van der Waals surface area contributed by atoms with E-state index in [9.17, 15) is 9.59 Å². The molecule has 17 heavy (non-hydrogen) atoms. The van der Waals surface area contributed by atoms with Gasteiger partial charge in [-0.3, -0.25) is 9.59 Å². The summed E-state index contributed by atoms with van der Waals surface area (Å²) in [5.74, 6) is -0.332. The van der Waals surface area contributed by atoms with Crippen molar-refractivity contribution in [3.8, 4) is 0 Å². The van der Waals surface area contributed by atoms with Crippen molar-refractivity contribution in [2.24, 2.45) is 0 Å². The second-order valence-electron chi connectivity index (χ2n) is 4.90. The molecular weight excluding hydrogens is 222 g/mol. The molecule has 0 aliphatic carbocycles. The van der Waals surface area contributed by atoms with Crippen LogP contribution in [0, 0.1) is 0 Å². The largest absolute Gasteiger partial charge is 0.469 e. The topological polar surface area (TPSA) is 55.8 Å². The summed E-state index contributed by atoms with van der Waals surface area (Å²) < 4.78 is 9.90. The minimum atomic E-state index is -0.317. The maximum absolute atomic E-state index is 11.6. The van der Waals surface area contributed by atoms with Crippen LogP contribution in [0.1, 0.15) is 33.6 Å². The summed E-state index contributed by atoms with van der Waals surface area (Å²) in [6.45, 7) is 6.30. The Kier molecular flexibility index (Phi) is 6.80. The molecule has 0 aromatic carbocycles. The third kappa shape index (κ3) is 8.68. The summed E-state index contributed by atoms with van der Waals surface area (Å²) in [6, 6.07) is 0. The SMILES string of the molecule is COC(=O)CCCN(C)C(=O)COC(C)(C)C. The van der Waals surface area contributed by atoms with Crippen LogP contribution < -0.4 is 0 Å². The van der Waals surface area contributed by atoms with Gasteiger partial charge in [-0.25, -0.2) is 0 Å². The zero-order chi connectivity index (χ0) is 13.5. The predicted octanol–water partition coefficient (Wildman–Crippen LogP) is 1.21. The number of hydrogen-bond donors (Lipinski definition) is 0. The highest BCUT2D eigenvalue weighted by molar-refractivity contribution is 5.77. The predicted molar refractivity (Wildman–Crippen MR) is 64.6 cm³/mol. The Morgan fingerprint density at radius 1 is 1.24 bits per heavy atom. The lowest BCUT2D eigenvalue weighted by Crippen LogP contribution is -2.34. The number of hydrogen-bond acceptors (Lipinski definition) is 4. The minimum absolute atomic E-state index is 0.0677. The molecule has 0 aliphatic rings. The Morgan fingerprint density at radius 3 is 2.29 bits per heavy atom. The number of methoxy groups -OCH3 is 1. The summed E-state index contributed by atoms with van der Waals surface area (Å²) in [5, 5.41) is 0. The average molecular weight is 245 g/mol. The molecule has 1 amide bonds. The van der Waals surface area contributed by atoms with E-state index in [0.29, 0.717) is 19.4 Å². The first-order valence-corrected chi connectivity index (χ1v) is 5.71. The zero-order valence-corrected chi connectivity index (χ0v) is 11.4. The lowest BCUT2D eigenvalue weighted by Gasteiger charge is -2.22. The highest BCUT2D eigenvalue weighted by Crippen LogP contribution is 2.06. The lowest BCUT2D eigenvalue weighted by atomic mass is 10.2. The number of amides is 1. The molecule has 0 aromatic heterocycles. The summed E-state index contributed by atoms with van der Waals surface area (Å²) >= 11 is 0. The van der Waals surface area contributed by atoms with Crippen molar-refractivity contribution in [3.05, 3.63) is 0 Å². The number of rotatable bonds is 6. The molecule has 0 bridgehead atoms. The molecule has 5 nitrogen and oxygen atoms in total. The van der Waals surface area contributed by atoms with E-state index in [1.807, 2.05) is 20.8 Å². The van der Waals surface area contributed by atoms with Crippen molar-refractivity contribution in [3.63, 3.8) is 0 Å². The first kappa shape index (κ1) is 15.9. The van der Waals surface area contributed by atoms with Gasteiger partial charge in [0.05, 0.1) is 12.7 Å². The normalized spacial score (nSPS) is 11.1. The van der Waals surface area contributed by atoms with E-state index in [1.54, 1.807) is 11.9 Å². The van der Waals surface area contributed by atoms with Crippen LogP contribution in [0.2, 0.25) is 0 Å². The van der Waals surface area contributed by atoms with Gasteiger partial charge < -0.3 is 14.4 Å². The Bertz CT molecular complexity index is 258. The molecule has 5 heteroatoms. The monoisotopic (exact) mass is 245 g/mol. The van der Waals surface area contributed by atoms with E-state index in [1.165, 1.54) is 7.11 Å². The zero-order valence-electron chi connectivity index (χ0n) is 11.4. The van der Waals surface area contributed by atoms with Gasteiger partial charge in [0.2, 0.25) is 5.91 Å². The minimum Gasteiger partial charge on any atom is -0.469 e. The molecule has 0 spiro atoms. The lowest BCUT2D eigenvalue weighted by molar-refractivity contribution is -0.142. The molecule has 0 aromatic rings. The van der Waals surface area contributed by atoms with Crippen molar-refractivity contribution in [1.82, 2.24) is 4.90 Å². The summed E-state index contributed by atoms with van der Waals surface area (Å²) in [7, 11) is 3.06. The van der Waals surface area contributed by atoms with Crippen LogP contribution in [0.5, 0.6) is 0 Å². The fraction of sp³-hybridized carbons (Fsp3) is 0.833. The molecular formula is C12H23NO4. The average Bonchev–Trinajstić information content (AvgIpc) is 2.24. The van der Waals surface area contributed by atoms with Crippen molar-refractivity contribution in [2.45, 2.75) is 39.2 Å². The van der Waals surface area contributed by atoms with Gasteiger partial charge in [-0.1, -0.05) is 0 Å². The maximum atomic E-state index is 11.6. The molecule has 0 rings (SSSR count). The summed E-state index contributed by atoms with van der Waals surface area (Å²) in [4.78, 5) is 24.1. The first-order valence-electron chi connectivity index (χ1n) is 5.71. The van der Waals surface area contributed by atoms with E-state index in [-0.39, 0.29) is 24.1 Å². The molecule has 0 heterocycles. The van der Waals surface area contributed by atoms with Crippen molar-refractivity contribution in [1.29, 1.82) is 0 Å². The first-order chi connectivity index (χ1) is 7.76. The van der Waals surface area contributed by atoms with Crippen molar-refractivity contribution < 1.29 is 19.1 Å². The summed E-state index contributed by atoms with van der Waals surface area (Å²) in [5.41, 5.74) is -0.317. The van der Waals surface area contributed by atoms with Gasteiger partial charge in [0.1, 0.15) is 6.61 Å². The molecule has 0 saturated carbocycles. The highest BCUT2D eigenvalue weighted by atomic mass is 16.5. The second kappa shape index (κ2) is 7.27. The number of carbonyl (C=O) groups excluding carboxylic acids is 2. The number of nitrogens with zero attached hydrogens (tertiary/aromatic N) is 1. The smallest absolute Gasteiger partial charge is 0.305 e. The van der Waals surface area contributed by atoms with Crippen LogP contribution in [0.3, 0.4) is 0 Å². The van der Waals surface area contributed by atoms with Gasteiger partial charge in [-0.2, -0.15) is 0 Å². The van der Waals surface area contributed by atoms with E-state index in [0.717, 1.165) is 0 Å². The molecule has 0 atom stereocenters. The molecule has 0 unspecified atom stereocenters. The second-order valence-corrected chi connectivity index (χ2v) is 4.90. The Labute approximate surface area is 103 Å². The van der Waals surface area contributed by atoms with Gasteiger partial charge in [-0.15, -0.1) is 0 Å². The number of ether oxygens (including phenoxy) is 2. The van der Waals surface area contributed by atoms with Gasteiger partial charge >= 0.3 is 5.97 Å². The Hall–Kier alpha value is -1.10. The highest BCUT2D eigenvalue weighted by Gasteiger charge is 2.15. The van der Waals surface area contributed by atoms with Crippen LogP contribution in [0.15, 0.2) is 0 Å². The standard InChI is InChI=1S/C12H23NO4/c1-12(2,3)17-9-10(14)13(4)8-6-7-11(15)16-5/h6-9H2,1-5H3. The van der Waals surface area contributed by atoms with E-state index in [4.69, 9.17) is 4.74 Å². The Balaban J connectivity index is 3.79. The Morgan fingerprint density at radius 2 is 1.82 bits per heavy atom. The maximum Gasteiger partial charge on any atom is 0.305 e. The molecule has 0 saturated heterocycles. The van der Waals surface area contributed by atoms with Gasteiger partial charge in [-0.05, 0) is 27.2 Å². The number of likely N-dealkylation sites (N-methyl/N-ethyl adjacent to an activating group) is 1. The quantitative estimate of drug-likeness (QED) is 0.660. The molecule has 0 aliphatic heterocycles. The van der Waals surface area contributed by atoms with E-state index >= 15 is 0 Å². The van der Waals surface area contributed by atoms with Crippen molar-refractivity contribution >= 4 is 11.9 Å². The fourth-order valence-corrected chi connectivity index (χ4v) is 1.08. The van der Waals surface area contributed by atoms with Crippen LogP contribution in [-0.2, 0) is 19.1 Å². The van der Waals surface area contributed by atoms with Crippen LogP contribution in [0.4, 0.5) is 0 Å². The molecule has 100 valence electrons. The van der Waals surface area contributed by atoms with Crippen LogP contribution in [-0.4, -0.2) is 49.7 Å². The van der Waals surface area contributed by atoms with Crippen molar-refractivity contribution in [2.75, 3.05) is 27.3 Å². The van der Waals surface area contributed by atoms with Gasteiger partial charge in [0.15, 0.2) is 0 Å². The van der Waals surface area contributed by atoms with Gasteiger partial charge in [0, 0.05) is 20.0 Å². The van der Waals surface area contributed by atoms with E-state index in [2.05, 4.69) is 4.74 Å². The molecule has 0 fully saturated rings. The third-order valence-electron chi connectivity index (χ3n) is 2.16. The molecule has 0 N–H and O–H groups in total. The number of esters is 1. The fourth-order valence-electron chi connectivity index (χ4n) is 1.08. The van der Waals surface area contributed by atoms with Crippen LogP contribution in [0.25, 0.3) is 0 Å². The molecule has 0 radical (unpaired) electrons. The third-order valence-corrected chi connectivity index (χ3v) is 2.16.